The lowest BCUT2D eigenvalue weighted by atomic mass is 10.0. The second kappa shape index (κ2) is 10.7. The van der Waals surface area contributed by atoms with Crippen LogP contribution in [-0.2, 0) is 19.1 Å². The lowest BCUT2D eigenvalue weighted by Gasteiger charge is -2.37. The Balaban J connectivity index is 1.46. The standard InChI is InChI=1S/C25H31F3N8O/c1-34-10-2-3-18(34)16-37-24-32-21-15-35(22-5-8-30-13-20(22)25(26,27)28)11-6-19(21)23(33-24)36-12-9-31-17(14-36)4-7-29/h5,8,13,17-18,31H,2-4,6,9-12,14-16H2,1H3/t17?,18-/m0/s1. The molecule has 0 spiro atoms. The van der Waals surface area contributed by atoms with Crippen LogP contribution in [0.4, 0.5) is 24.7 Å². The van der Waals surface area contributed by atoms with Crippen LogP contribution in [0.25, 0.3) is 0 Å². The number of likely N-dealkylation sites (N-methyl/N-ethyl adjacent to an activating group) is 1. The average Bonchev–Trinajstić information content (AvgIpc) is 3.31. The van der Waals surface area contributed by atoms with Crippen molar-refractivity contribution in [2.75, 3.05) is 56.2 Å². The number of pyridine rings is 1. The first-order chi connectivity index (χ1) is 17.8. The van der Waals surface area contributed by atoms with E-state index in [0.29, 0.717) is 51.3 Å². The first-order valence-corrected chi connectivity index (χ1v) is 12.7. The van der Waals surface area contributed by atoms with Crippen LogP contribution in [0.5, 0.6) is 6.01 Å². The van der Waals surface area contributed by atoms with Crippen molar-refractivity contribution in [3.05, 3.63) is 35.3 Å². The van der Waals surface area contributed by atoms with Gasteiger partial charge in [0.1, 0.15) is 12.4 Å². The Morgan fingerprint density at radius 1 is 1.22 bits per heavy atom. The molecule has 9 nitrogen and oxygen atoms in total. The van der Waals surface area contributed by atoms with Gasteiger partial charge in [0.15, 0.2) is 0 Å². The van der Waals surface area contributed by atoms with Gasteiger partial charge < -0.3 is 24.8 Å². The molecule has 0 bridgehead atoms. The number of nitrogens with zero attached hydrogens (tertiary/aromatic N) is 7. The minimum absolute atomic E-state index is 0.0205. The van der Waals surface area contributed by atoms with E-state index < -0.39 is 11.7 Å². The van der Waals surface area contributed by atoms with Crippen LogP contribution in [0, 0.1) is 11.3 Å². The van der Waals surface area contributed by atoms with Crippen LogP contribution in [0.3, 0.4) is 0 Å². The number of ether oxygens (including phenoxy) is 1. The van der Waals surface area contributed by atoms with Gasteiger partial charge in [-0.05, 0) is 38.9 Å². The molecule has 2 saturated heterocycles. The van der Waals surface area contributed by atoms with Crippen molar-refractivity contribution in [3.8, 4) is 12.1 Å². The molecular formula is C25H31F3N8O. The minimum atomic E-state index is -4.50. The highest BCUT2D eigenvalue weighted by molar-refractivity contribution is 5.58. The number of hydrogen-bond donors (Lipinski definition) is 1. The number of nitriles is 1. The number of alkyl halides is 3. The summed E-state index contributed by atoms with van der Waals surface area (Å²) in [5.41, 5.74) is 0.947. The molecule has 12 heteroatoms. The number of rotatable bonds is 6. The summed E-state index contributed by atoms with van der Waals surface area (Å²) in [6, 6.07) is 4.18. The quantitative estimate of drug-likeness (QED) is 0.622. The Morgan fingerprint density at radius 3 is 2.84 bits per heavy atom. The summed E-state index contributed by atoms with van der Waals surface area (Å²) in [6.07, 6.45) is 0.800. The number of fused-ring (bicyclic) bond motifs is 1. The van der Waals surface area contributed by atoms with Gasteiger partial charge in [-0.1, -0.05) is 0 Å². The SMILES string of the molecule is CN1CCC[C@H]1COc1nc2c(c(N3CCNC(CC#N)C3)n1)CCN(c1ccncc1C(F)(F)F)C2. The second-order valence-electron chi connectivity index (χ2n) is 9.86. The number of nitrogens with one attached hydrogen (secondary N) is 1. The van der Waals surface area contributed by atoms with Crippen molar-refractivity contribution in [3.63, 3.8) is 0 Å². The number of aromatic nitrogens is 3. The van der Waals surface area contributed by atoms with Crippen LogP contribution in [0.2, 0.25) is 0 Å². The van der Waals surface area contributed by atoms with Gasteiger partial charge in [0.25, 0.3) is 0 Å². The molecule has 37 heavy (non-hydrogen) atoms. The largest absolute Gasteiger partial charge is 0.462 e. The molecular weight excluding hydrogens is 485 g/mol. The van der Waals surface area contributed by atoms with Gasteiger partial charge in [-0.15, -0.1) is 0 Å². The van der Waals surface area contributed by atoms with Gasteiger partial charge in [-0.25, -0.2) is 0 Å². The van der Waals surface area contributed by atoms with Gasteiger partial charge in [0.2, 0.25) is 0 Å². The average molecular weight is 517 g/mol. The predicted octanol–water partition coefficient (Wildman–Crippen LogP) is 2.62. The zero-order valence-electron chi connectivity index (χ0n) is 20.8. The molecule has 0 saturated carbocycles. The van der Waals surface area contributed by atoms with Crippen LogP contribution in [0.1, 0.15) is 36.1 Å². The zero-order valence-corrected chi connectivity index (χ0v) is 20.8. The van der Waals surface area contributed by atoms with E-state index in [9.17, 15) is 18.4 Å². The molecule has 0 aromatic carbocycles. The smallest absolute Gasteiger partial charge is 0.419 e. The fourth-order valence-electron chi connectivity index (χ4n) is 5.43. The minimum Gasteiger partial charge on any atom is -0.462 e. The molecule has 5 heterocycles. The molecule has 0 amide bonds. The summed E-state index contributed by atoms with van der Waals surface area (Å²) in [5, 5.41) is 12.5. The van der Waals surface area contributed by atoms with E-state index in [-0.39, 0.29) is 30.3 Å². The lowest BCUT2D eigenvalue weighted by molar-refractivity contribution is -0.137. The maximum Gasteiger partial charge on any atom is 0.419 e. The first kappa shape index (κ1) is 25.5. The summed E-state index contributed by atoms with van der Waals surface area (Å²) in [7, 11) is 2.07. The number of hydrogen-bond acceptors (Lipinski definition) is 9. The van der Waals surface area contributed by atoms with Gasteiger partial charge in [-0.3, -0.25) is 4.98 Å². The summed E-state index contributed by atoms with van der Waals surface area (Å²) >= 11 is 0. The molecule has 2 aromatic rings. The number of halogens is 3. The van der Waals surface area contributed by atoms with Crippen molar-refractivity contribution < 1.29 is 17.9 Å². The van der Waals surface area contributed by atoms with Gasteiger partial charge in [-0.2, -0.15) is 28.4 Å². The van der Waals surface area contributed by atoms with Crippen molar-refractivity contribution in [1.82, 2.24) is 25.2 Å². The monoisotopic (exact) mass is 516 g/mol. The highest BCUT2D eigenvalue weighted by Crippen LogP contribution is 2.38. The molecule has 0 radical (unpaired) electrons. The Morgan fingerprint density at radius 2 is 2.08 bits per heavy atom. The third-order valence-electron chi connectivity index (χ3n) is 7.44. The summed E-state index contributed by atoms with van der Waals surface area (Å²) in [5.74, 6) is 0.759. The molecule has 2 aromatic heterocycles. The second-order valence-corrected chi connectivity index (χ2v) is 9.86. The molecule has 5 rings (SSSR count). The molecule has 3 aliphatic heterocycles. The van der Waals surface area contributed by atoms with Gasteiger partial charge >= 0.3 is 12.2 Å². The van der Waals surface area contributed by atoms with Crippen molar-refractivity contribution in [2.24, 2.45) is 0 Å². The number of likely N-dealkylation sites (tertiary alicyclic amines) is 1. The number of anilines is 2. The van der Waals surface area contributed by atoms with E-state index in [0.717, 1.165) is 37.0 Å². The van der Waals surface area contributed by atoms with Gasteiger partial charge in [0, 0.05) is 56.2 Å². The molecule has 3 aliphatic rings. The lowest BCUT2D eigenvalue weighted by Crippen LogP contribution is -2.51. The molecule has 1 N–H and O–H groups in total. The van der Waals surface area contributed by atoms with Crippen LogP contribution >= 0.6 is 0 Å². The van der Waals surface area contributed by atoms with Crippen molar-refractivity contribution >= 4 is 11.5 Å². The van der Waals surface area contributed by atoms with E-state index in [2.05, 4.69) is 33.2 Å². The third-order valence-corrected chi connectivity index (χ3v) is 7.44. The maximum atomic E-state index is 13.7. The fraction of sp³-hybridized carbons (Fsp3) is 0.600. The fourth-order valence-corrected chi connectivity index (χ4v) is 5.43. The van der Waals surface area contributed by atoms with E-state index in [4.69, 9.17) is 14.7 Å². The highest BCUT2D eigenvalue weighted by Gasteiger charge is 2.37. The van der Waals surface area contributed by atoms with Gasteiger partial charge in [0.05, 0.1) is 36.0 Å². The molecule has 0 aliphatic carbocycles. The Bertz CT molecular complexity index is 1150. The van der Waals surface area contributed by atoms with E-state index >= 15 is 0 Å². The van der Waals surface area contributed by atoms with Crippen LogP contribution in [-0.4, -0.2) is 78.3 Å². The normalized spacial score (nSPS) is 22.6. The topological polar surface area (TPSA) is 93.4 Å². The van der Waals surface area contributed by atoms with E-state index in [1.807, 2.05) is 0 Å². The molecule has 2 fully saturated rings. The molecule has 198 valence electrons. The number of piperazine rings is 1. The van der Waals surface area contributed by atoms with E-state index in [1.165, 1.54) is 12.3 Å². The molecule has 1 unspecified atom stereocenters. The maximum absolute atomic E-state index is 13.7. The van der Waals surface area contributed by atoms with Crippen LogP contribution < -0.4 is 19.9 Å². The Hall–Kier alpha value is -3.17. The predicted molar refractivity (Wildman–Crippen MR) is 131 cm³/mol. The van der Waals surface area contributed by atoms with Crippen LogP contribution in [0.15, 0.2) is 18.5 Å². The van der Waals surface area contributed by atoms with Crippen molar-refractivity contribution in [1.29, 1.82) is 5.26 Å². The zero-order chi connectivity index (χ0) is 26.0. The Kier molecular flexibility index (Phi) is 7.35. The Labute approximate surface area is 214 Å². The summed E-state index contributed by atoms with van der Waals surface area (Å²) < 4.78 is 47.2. The van der Waals surface area contributed by atoms with Crippen molar-refractivity contribution in [2.45, 2.75) is 50.5 Å². The highest BCUT2D eigenvalue weighted by atomic mass is 19.4. The van der Waals surface area contributed by atoms with E-state index in [1.54, 1.807) is 4.90 Å². The summed E-state index contributed by atoms with van der Waals surface area (Å²) in [4.78, 5) is 19.3. The third kappa shape index (κ3) is 5.57. The first-order valence-electron chi connectivity index (χ1n) is 12.7. The molecule has 2 atom stereocenters. The summed E-state index contributed by atoms with van der Waals surface area (Å²) in [6.45, 7) is 4.14.